The van der Waals surface area contributed by atoms with Gasteiger partial charge in [0.05, 0.1) is 0 Å². The fourth-order valence-corrected chi connectivity index (χ4v) is 0.731. The Kier molecular flexibility index (Phi) is 4.32. The van der Waals surface area contributed by atoms with Crippen molar-refractivity contribution < 1.29 is 18.5 Å². The van der Waals surface area contributed by atoms with Gasteiger partial charge in [0.2, 0.25) is 0 Å². The minimum absolute atomic E-state index is 0. The summed E-state index contributed by atoms with van der Waals surface area (Å²) in [5, 5.41) is 0. The van der Waals surface area contributed by atoms with Crippen LogP contribution in [0.15, 0.2) is 34.1 Å². The second kappa shape index (κ2) is 4.18. The van der Waals surface area contributed by atoms with E-state index in [1.165, 1.54) is 0 Å². The van der Waals surface area contributed by atoms with Crippen LogP contribution in [0.2, 0.25) is 0 Å². The summed E-state index contributed by atoms with van der Waals surface area (Å²) in [5.41, 5.74) is 0. The van der Waals surface area contributed by atoms with Crippen molar-refractivity contribution >= 4 is 25.3 Å². The standard InChI is InChI=1S/C6H6S2.Mn.H2/c7-5-1-2-6(8)4-3-5;;/h1-4,7-8H;;1H/p-1. The average Bonchev–Trinajstić information content (AvgIpc) is 1.77. The molecule has 1 radical (unpaired) electrons. The molecule has 0 spiro atoms. The molecule has 1 aromatic rings. The number of benzene rings is 1. The summed E-state index contributed by atoms with van der Waals surface area (Å²) < 4.78 is 0. The Hall–Kier alpha value is 0.309. The molecule has 0 saturated heterocycles. The Balaban J connectivity index is 0. The Bertz CT molecular complexity index is 155. The third-order valence-corrected chi connectivity index (χ3v) is 1.41. The molecule has 0 saturated carbocycles. The second-order valence-corrected chi connectivity index (χ2v) is 2.48. The van der Waals surface area contributed by atoms with Crippen LogP contribution in [0.25, 0.3) is 0 Å². The molecule has 0 N–H and O–H groups in total. The van der Waals surface area contributed by atoms with Crippen molar-refractivity contribution in [3.05, 3.63) is 24.3 Å². The molecular formula is C6H7MnS2-. The predicted octanol–water partition coefficient (Wildman–Crippen LogP) is 2.12. The second-order valence-electron chi connectivity index (χ2n) is 1.49. The number of rotatable bonds is 0. The van der Waals surface area contributed by atoms with Gasteiger partial charge < -0.3 is 12.6 Å². The molecule has 0 aromatic heterocycles. The van der Waals surface area contributed by atoms with Gasteiger partial charge in [-0.3, -0.25) is 0 Å². The first kappa shape index (κ1) is 9.31. The van der Waals surface area contributed by atoms with Crippen molar-refractivity contribution in [1.29, 1.82) is 0 Å². The van der Waals surface area contributed by atoms with E-state index in [-0.39, 0.29) is 18.5 Å². The first-order valence-corrected chi connectivity index (χ1v) is 3.10. The van der Waals surface area contributed by atoms with Crippen molar-refractivity contribution in [3.63, 3.8) is 0 Å². The smallest absolute Gasteiger partial charge is 0.00389 e. The molecule has 1 rings (SSSR count). The van der Waals surface area contributed by atoms with Crippen LogP contribution in [0.1, 0.15) is 1.43 Å². The number of hydrogen-bond donors (Lipinski definition) is 1. The molecule has 0 unspecified atom stereocenters. The normalized spacial score (nSPS) is 8.11. The fourth-order valence-electron chi connectivity index (χ4n) is 0.446. The third-order valence-electron chi connectivity index (χ3n) is 0.837. The van der Waals surface area contributed by atoms with E-state index in [4.69, 9.17) is 12.6 Å². The summed E-state index contributed by atoms with van der Waals surface area (Å²) in [6.07, 6.45) is 0. The molecule has 0 aliphatic carbocycles. The van der Waals surface area contributed by atoms with Crippen LogP contribution in [-0.2, 0) is 29.7 Å². The number of thiol groups is 1. The monoisotopic (exact) mass is 198 g/mol. The van der Waals surface area contributed by atoms with Gasteiger partial charge in [0.25, 0.3) is 0 Å². The maximum atomic E-state index is 4.84. The zero-order valence-electron chi connectivity index (χ0n) is 4.54. The summed E-state index contributed by atoms with van der Waals surface area (Å²) in [4.78, 5) is 1.82. The van der Waals surface area contributed by atoms with E-state index >= 15 is 0 Å². The molecule has 0 nitrogen and oxygen atoms in total. The molecule has 0 aliphatic rings. The maximum Gasteiger partial charge on any atom is 0.00389 e. The Labute approximate surface area is 77.8 Å². The summed E-state index contributed by atoms with van der Waals surface area (Å²) in [7, 11) is 0. The van der Waals surface area contributed by atoms with Crippen molar-refractivity contribution in [1.82, 2.24) is 0 Å². The maximum absolute atomic E-state index is 4.84. The van der Waals surface area contributed by atoms with Gasteiger partial charge in [0.15, 0.2) is 0 Å². The van der Waals surface area contributed by atoms with E-state index in [0.29, 0.717) is 0 Å². The quantitative estimate of drug-likeness (QED) is 0.378. The van der Waals surface area contributed by atoms with Crippen LogP contribution < -0.4 is 0 Å². The van der Waals surface area contributed by atoms with E-state index in [0.717, 1.165) is 9.79 Å². The summed E-state index contributed by atoms with van der Waals surface area (Å²) in [6.45, 7) is 0. The van der Waals surface area contributed by atoms with Crippen LogP contribution in [0.5, 0.6) is 0 Å². The minimum atomic E-state index is 0. The third kappa shape index (κ3) is 3.11. The van der Waals surface area contributed by atoms with Crippen molar-refractivity contribution in [2.24, 2.45) is 0 Å². The van der Waals surface area contributed by atoms with Crippen molar-refractivity contribution in [2.45, 2.75) is 9.79 Å². The molecule has 0 amide bonds. The predicted molar refractivity (Wildman–Crippen MR) is 41.4 cm³/mol. The van der Waals surface area contributed by atoms with Crippen molar-refractivity contribution in [2.75, 3.05) is 0 Å². The molecule has 9 heavy (non-hydrogen) atoms. The molecule has 51 valence electrons. The Morgan fingerprint density at radius 3 is 2.00 bits per heavy atom. The van der Waals surface area contributed by atoms with Gasteiger partial charge in [-0.05, 0) is 0 Å². The zero-order valence-corrected chi connectivity index (χ0v) is 7.43. The largest absolute Gasteiger partial charge is 0.780 e. The Morgan fingerprint density at radius 2 is 1.67 bits per heavy atom. The van der Waals surface area contributed by atoms with Gasteiger partial charge in [0, 0.05) is 23.4 Å². The number of hydrogen-bond acceptors (Lipinski definition) is 2. The van der Waals surface area contributed by atoms with Gasteiger partial charge in [0.1, 0.15) is 0 Å². The summed E-state index contributed by atoms with van der Waals surface area (Å²) in [6, 6.07) is 7.48. The molecular weight excluding hydrogens is 191 g/mol. The van der Waals surface area contributed by atoms with E-state index < -0.39 is 0 Å². The molecule has 0 fully saturated rings. The van der Waals surface area contributed by atoms with E-state index in [2.05, 4.69) is 12.6 Å². The first-order valence-electron chi connectivity index (χ1n) is 2.25. The average molecular weight is 198 g/mol. The first-order chi connectivity index (χ1) is 3.79. The van der Waals surface area contributed by atoms with Gasteiger partial charge in [-0.15, -0.1) is 12.6 Å². The topological polar surface area (TPSA) is 0 Å². The molecule has 0 aliphatic heterocycles. The summed E-state index contributed by atoms with van der Waals surface area (Å²) in [5.74, 6) is 0. The van der Waals surface area contributed by atoms with Crippen LogP contribution in [0.3, 0.4) is 0 Å². The van der Waals surface area contributed by atoms with E-state index in [1.807, 2.05) is 24.3 Å². The van der Waals surface area contributed by atoms with Gasteiger partial charge in [-0.25, -0.2) is 0 Å². The van der Waals surface area contributed by atoms with E-state index in [1.54, 1.807) is 0 Å². The van der Waals surface area contributed by atoms with Crippen LogP contribution in [0, 0.1) is 0 Å². The van der Waals surface area contributed by atoms with Crippen LogP contribution in [-0.4, -0.2) is 0 Å². The van der Waals surface area contributed by atoms with Gasteiger partial charge in [-0.1, -0.05) is 24.3 Å². The molecule has 1 aromatic carbocycles. The molecule has 3 heteroatoms. The van der Waals surface area contributed by atoms with Crippen LogP contribution >= 0.6 is 12.6 Å². The van der Waals surface area contributed by atoms with Crippen LogP contribution in [0.4, 0.5) is 0 Å². The zero-order chi connectivity index (χ0) is 5.98. The summed E-state index contributed by atoms with van der Waals surface area (Å²) >= 11 is 8.92. The molecule has 0 bridgehead atoms. The van der Waals surface area contributed by atoms with Gasteiger partial charge in [-0.2, -0.15) is 4.90 Å². The van der Waals surface area contributed by atoms with Gasteiger partial charge >= 0.3 is 0 Å². The molecule has 0 heterocycles. The molecule has 0 atom stereocenters. The Morgan fingerprint density at radius 1 is 1.22 bits per heavy atom. The van der Waals surface area contributed by atoms with E-state index in [9.17, 15) is 0 Å². The SMILES string of the molecule is [HH].[Mn].[S-]c1ccc(S)cc1. The van der Waals surface area contributed by atoms with Crippen molar-refractivity contribution in [3.8, 4) is 0 Å². The minimum Gasteiger partial charge on any atom is -0.780 e. The fraction of sp³-hybridized carbons (Fsp3) is 0.